The molecule has 2 aromatic heterocycles. The predicted molar refractivity (Wildman–Crippen MR) is 122 cm³/mol. The van der Waals surface area contributed by atoms with Crippen LogP contribution < -0.4 is 10.0 Å². The number of sulfonamides is 1. The van der Waals surface area contributed by atoms with E-state index in [0.29, 0.717) is 5.02 Å². The van der Waals surface area contributed by atoms with Crippen molar-refractivity contribution in [2.45, 2.75) is 14.0 Å². The quantitative estimate of drug-likeness (QED) is 0.353. The highest BCUT2D eigenvalue weighted by molar-refractivity contribution is 7.93. The molecule has 0 fully saturated rings. The summed E-state index contributed by atoms with van der Waals surface area (Å²) in [5.74, 6) is -0.996. The molecule has 0 bridgehead atoms. The van der Waals surface area contributed by atoms with Crippen molar-refractivity contribution in [1.29, 1.82) is 0 Å². The molecule has 0 aliphatic carbocycles. The summed E-state index contributed by atoms with van der Waals surface area (Å²) in [7, 11) is -7.95. The lowest BCUT2D eigenvalue weighted by Crippen LogP contribution is -2.14. The van der Waals surface area contributed by atoms with Crippen LogP contribution in [0.2, 0.25) is 5.02 Å². The van der Waals surface area contributed by atoms with Gasteiger partial charge in [-0.1, -0.05) is 22.9 Å². The third-order valence-corrected chi connectivity index (χ3v) is 9.59. The van der Waals surface area contributed by atoms with Gasteiger partial charge in [0.05, 0.1) is 11.1 Å². The standard InChI is InChI=1S/C18H12ClFN4O4S4/c19-11-1-4-13(5-2-11)31(25,26)16-10-22-17(30-16)23-12-3-6-15(14(20)9-12)32(27,28)24-18-21-7-8-29-18/h1-10H,(H,21,24)(H,22,23). The van der Waals surface area contributed by atoms with Crippen LogP contribution in [-0.2, 0) is 19.9 Å². The van der Waals surface area contributed by atoms with Gasteiger partial charge in [0.1, 0.15) is 14.9 Å². The molecule has 4 aromatic rings. The van der Waals surface area contributed by atoms with Gasteiger partial charge in [-0.25, -0.2) is 31.2 Å². The molecule has 0 aliphatic heterocycles. The highest BCUT2D eigenvalue weighted by Crippen LogP contribution is 2.31. The average molecular weight is 531 g/mol. The topological polar surface area (TPSA) is 118 Å². The monoisotopic (exact) mass is 530 g/mol. The van der Waals surface area contributed by atoms with Crippen LogP contribution in [0, 0.1) is 5.82 Å². The second-order valence-electron chi connectivity index (χ2n) is 6.15. The Labute approximate surface area is 195 Å². The molecule has 0 atom stereocenters. The fraction of sp³-hybridized carbons (Fsp3) is 0. The average Bonchev–Trinajstić information content (AvgIpc) is 3.40. The van der Waals surface area contributed by atoms with Crippen LogP contribution in [0.5, 0.6) is 0 Å². The van der Waals surface area contributed by atoms with E-state index in [2.05, 4.69) is 20.0 Å². The zero-order chi connectivity index (χ0) is 22.9. The number of thiazole rings is 2. The number of hydrogen-bond acceptors (Lipinski definition) is 9. The van der Waals surface area contributed by atoms with Gasteiger partial charge >= 0.3 is 0 Å². The molecule has 0 amide bonds. The van der Waals surface area contributed by atoms with Gasteiger partial charge < -0.3 is 5.32 Å². The Morgan fingerprint density at radius 3 is 2.38 bits per heavy atom. The van der Waals surface area contributed by atoms with E-state index in [1.54, 1.807) is 5.38 Å². The van der Waals surface area contributed by atoms with Crippen LogP contribution in [-0.4, -0.2) is 26.8 Å². The number of sulfone groups is 1. The van der Waals surface area contributed by atoms with Crippen molar-refractivity contribution < 1.29 is 21.2 Å². The van der Waals surface area contributed by atoms with E-state index in [9.17, 15) is 21.2 Å². The number of hydrogen-bond donors (Lipinski definition) is 2. The first-order valence-corrected chi connectivity index (χ1v) is 13.6. The Kier molecular flexibility index (Phi) is 6.18. The van der Waals surface area contributed by atoms with Crippen LogP contribution in [0.15, 0.2) is 74.2 Å². The lowest BCUT2D eigenvalue weighted by Gasteiger charge is -2.08. The number of nitrogens with one attached hydrogen (secondary N) is 2. The molecular weight excluding hydrogens is 519 g/mol. The maximum absolute atomic E-state index is 14.5. The number of halogens is 2. The van der Waals surface area contributed by atoms with E-state index >= 15 is 0 Å². The summed E-state index contributed by atoms with van der Waals surface area (Å²) in [5, 5.41) is 5.07. The number of rotatable bonds is 7. The summed E-state index contributed by atoms with van der Waals surface area (Å²) in [4.78, 5) is 7.33. The smallest absolute Gasteiger partial charge is 0.266 e. The van der Waals surface area contributed by atoms with E-state index in [0.717, 1.165) is 34.8 Å². The Balaban J connectivity index is 1.54. The molecule has 0 spiro atoms. The molecule has 2 N–H and O–H groups in total. The molecule has 14 heteroatoms. The minimum Gasteiger partial charge on any atom is -0.331 e. The number of aromatic nitrogens is 2. The van der Waals surface area contributed by atoms with E-state index in [4.69, 9.17) is 11.6 Å². The van der Waals surface area contributed by atoms with Gasteiger partial charge in [-0.2, -0.15) is 0 Å². The van der Waals surface area contributed by atoms with Crippen molar-refractivity contribution in [1.82, 2.24) is 9.97 Å². The van der Waals surface area contributed by atoms with Crippen LogP contribution >= 0.6 is 34.3 Å². The molecule has 0 radical (unpaired) electrons. The highest BCUT2D eigenvalue weighted by atomic mass is 35.5. The van der Waals surface area contributed by atoms with Crippen molar-refractivity contribution in [3.8, 4) is 0 Å². The zero-order valence-corrected chi connectivity index (χ0v) is 19.7. The van der Waals surface area contributed by atoms with Crippen LogP contribution in [0.3, 0.4) is 0 Å². The molecule has 8 nitrogen and oxygen atoms in total. The van der Waals surface area contributed by atoms with Gasteiger partial charge in [-0.15, -0.1) is 11.3 Å². The minimum atomic E-state index is -4.16. The molecular formula is C18H12ClFN4O4S4. The number of benzene rings is 2. The fourth-order valence-electron chi connectivity index (χ4n) is 2.54. The lowest BCUT2D eigenvalue weighted by molar-refractivity contribution is 0.570. The summed E-state index contributed by atoms with van der Waals surface area (Å²) < 4.78 is 66.9. The fourth-order valence-corrected chi connectivity index (χ4v) is 6.96. The molecule has 2 heterocycles. The Morgan fingerprint density at radius 1 is 0.969 bits per heavy atom. The first kappa shape index (κ1) is 22.6. The van der Waals surface area contributed by atoms with Gasteiger partial charge in [-0.05, 0) is 42.5 Å². The van der Waals surface area contributed by atoms with E-state index in [1.165, 1.54) is 42.7 Å². The van der Waals surface area contributed by atoms with Crippen molar-refractivity contribution in [2.24, 2.45) is 0 Å². The molecule has 0 saturated carbocycles. The van der Waals surface area contributed by atoms with Crippen molar-refractivity contribution in [2.75, 3.05) is 10.0 Å². The molecule has 0 aliphatic rings. The van der Waals surface area contributed by atoms with Crippen LogP contribution in [0.25, 0.3) is 0 Å². The minimum absolute atomic E-state index is 0.0189. The van der Waals surface area contributed by atoms with E-state index in [-0.39, 0.29) is 25.1 Å². The maximum atomic E-state index is 14.5. The SMILES string of the molecule is O=S(=O)(Nc1nccs1)c1ccc(Nc2ncc(S(=O)(=O)c3ccc(Cl)cc3)s2)cc1F. The van der Waals surface area contributed by atoms with E-state index < -0.39 is 30.6 Å². The summed E-state index contributed by atoms with van der Waals surface area (Å²) in [6.45, 7) is 0. The van der Waals surface area contributed by atoms with Crippen molar-refractivity contribution in [3.63, 3.8) is 0 Å². The zero-order valence-electron chi connectivity index (χ0n) is 15.7. The lowest BCUT2D eigenvalue weighted by atomic mass is 10.3. The summed E-state index contributed by atoms with van der Waals surface area (Å²) in [5.41, 5.74) is 0.195. The van der Waals surface area contributed by atoms with Crippen molar-refractivity contribution >= 4 is 70.1 Å². The summed E-state index contributed by atoms with van der Waals surface area (Å²) >= 11 is 7.71. The Morgan fingerprint density at radius 2 is 1.72 bits per heavy atom. The van der Waals surface area contributed by atoms with Crippen LogP contribution in [0.4, 0.5) is 20.3 Å². The molecule has 2 aromatic carbocycles. The molecule has 0 saturated heterocycles. The number of anilines is 3. The van der Waals surface area contributed by atoms with Crippen molar-refractivity contribution in [3.05, 3.63) is 71.1 Å². The first-order valence-electron chi connectivity index (χ1n) is 8.60. The molecule has 0 unspecified atom stereocenters. The molecule has 32 heavy (non-hydrogen) atoms. The summed E-state index contributed by atoms with van der Waals surface area (Å²) in [6, 6.07) is 9.12. The molecule has 166 valence electrons. The largest absolute Gasteiger partial charge is 0.331 e. The highest BCUT2D eigenvalue weighted by Gasteiger charge is 2.23. The van der Waals surface area contributed by atoms with E-state index in [1.807, 2.05) is 0 Å². The third kappa shape index (κ3) is 4.76. The number of nitrogens with zero attached hydrogens (tertiary/aromatic N) is 2. The third-order valence-electron chi connectivity index (χ3n) is 4.00. The summed E-state index contributed by atoms with van der Waals surface area (Å²) in [6.07, 6.45) is 2.60. The molecule has 4 rings (SSSR count). The normalized spacial score (nSPS) is 11.9. The second kappa shape index (κ2) is 8.75. The Hall–Kier alpha value is -2.58. The van der Waals surface area contributed by atoms with Gasteiger partial charge in [0, 0.05) is 22.3 Å². The Bertz CT molecular complexity index is 1470. The second-order valence-corrected chi connectivity index (χ2v) is 12.3. The van der Waals surface area contributed by atoms with Crippen LogP contribution in [0.1, 0.15) is 0 Å². The first-order chi connectivity index (χ1) is 15.1. The van der Waals surface area contributed by atoms with Gasteiger partial charge in [0.2, 0.25) is 9.84 Å². The maximum Gasteiger partial charge on any atom is 0.266 e. The van der Waals surface area contributed by atoms with Gasteiger partial charge in [0.25, 0.3) is 10.0 Å². The van der Waals surface area contributed by atoms with Gasteiger partial charge in [-0.3, -0.25) is 4.72 Å². The predicted octanol–water partition coefficient (Wildman–Crippen LogP) is 4.77. The van der Waals surface area contributed by atoms with Gasteiger partial charge in [0.15, 0.2) is 10.3 Å².